The Morgan fingerprint density at radius 2 is 1.72 bits per heavy atom. The maximum absolute atomic E-state index is 12.4. The Labute approximate surface area is 163 Å². The number of halogens is 1. The van der Waals surface area contributed by atoms with E-state index in [0.29, 0.717) is 28.8 Å². The van der Waals surface area contributed by atoms with Gasteiger partial charge in [-0.1, -0.05) is 11.6 Å². The second-order valence-corrected chi connectivity index (χ2v) is 11.2. The molecular weight excluding hydrogens is 401 g/mol. The Balaban J connectivity index is 3.14. The van der Waals surface area contributed by atoms with Crippen LogP contribution in [-0.2, 0) is 30.4 Å². The van der Waals surface area contributed by atoms with E-state index >= 15 is 0 Å². The third-order valence-electron chi connectivity index (χ3n) is 2.75. The van der Waals surface area contributed by atoms with Crippen LogP contribution in [0.4, 0.5) is 5.69 Å². The number of nitrogens with one attached hydrogen (secondary N) is 1. The van der Waals surface area contributed by atoms with Crippen LogP contribution in [0.5, 0.6) is 0 Å². The third-order valence-corrected chi connectivity index (χ3v) is 8.19. The van der Waals surface area contributed by atoms with Crippen molar-refractivity contribution in [2.24, 2.45) is 0 Å². The number of rotatable bonds is 10. The van der Waals surface area contributed by atoms with E-state index in [9.17, 15) is 4.79 Å². The molecule has 0 aliphatic carbocycles. The molecule has 1 aromatic rings. The fourth-order valence-corrected chi connectivity index (χ4v) is 6.82. The largest absolute Gasteiger partial charge is 0.462 e. The topological polar surface area (TPSA) is 56.8 Å². The number of anilines is 1. The molecule has 0 atom stereocenters. The Bertz CT molecular complexity index is 642. The summed E-state index contributed by atoms with van der Waals surface area (Å²) >= 11 is 12.5. The van der Waals surface area contributed by atoms with Crippen LogP contribution in [0.25, 0.3) is 0 Å². The van der Waals surface area contributed by atoms with Crippen LogP contribution in [-0.4, -0.2) is 25.8 Å². The van der Waals surface area contributed by atoms with E-state index in [1.165, 1.54) is 0 Å². The summed E-state index contributed by atoms with van der Waals surface area (Å²) < 4.78 is 16.4. The van der Waals surface area contributed by atoms with Crippen molar-refractivity contribution in [3.05, 3.63) is 39.9 Å². The number of allylic oxidation sites excluding steroid dienone is 1. The standard InChI is InChI=1S/C16H23ClNO4PS2/c1-5-20-16(19)15(25-23(24,21-6-2)22-7-3)12(4)18-14-10-8-13(17)9-11-14/h8-11,18H,5-7H2,1-4H3. The highest BCUT2D eigenvalue weighted by molar-refractivity contribution is 8.69. The third kappa shape index (κ3) is 7.69. The first kappa shape index (κ1) is 22.5. The molecule has 0 bridgehead atoms. The molecule has 0 amide bonds. The van der Waals surface area contributed by atoms with Crippen molar-refractivity contribution in [3.63, 3.8) is 0 Å². The highest BCUT2D eigenvalue weighted by atomic mass is 35.5. The molecule has 0 aromatic heterocycles. The van der Waals surface area contributed by atoms with Crippen LogP contribution in [0.2, 0.25) is 5.02 Å². The second-order valence-electron chi connectivity index (χ2n) is 4.68. The van der Waals surface area contributed by atoms with Gasteiger partial charge in [0.1, 0.15) is 4.91 Å². The van der Waals surface area contributed by atoms with Gasteiger partial charge in [0.2, 0.25) is 0 Å². The molecule has 5 nitrogen and oxygen atoms in total. The van der Waals surface area contributed by atoms with Gasteiger partial charge in [-0.25, -0.2) is 4.79 Å². The summed E-state index contributed by atoms with van der Waals surface area (Å²) in [6.07, 6.45) is 0. The molecule has 1 N–H and O–H groups in total. The molecule has 25 heavy (non-hydrogen) atoms. The fourth-order valence-electron chi connectivity index (χ4n) is 1.78. The van der Waals surface area contributed by atoms with E-state index < -0.39 is 11.7 Å². The van der Waals surface area contributed by atoms with Gasteiger partial charge in [0.05, 0.1) is 19.8 Å². The van der Waals surface area contributed by atoms with E-state index in [0.717, 1.165) is 17.1 Å². The van der Waals surface area contributed by atoms with Gasteiger partial charge in [0, 0.05) is 16.4 Å². The zero-order valence-corrected chi connectivity index (χ0v) is 18.0. The van der Waals surface area contributed by atoms with Gasteiger partial charge in [-0.2, -0.15) is 0 Å². The van der Waals surface area contributed by atoms with Crippen molar-refractivity contribution in [1.29, 1.82) is 0 Å². The van der Waals surface area contributed by atoms with Crippen LogP contribution in [0.1, 0.15) is 27.7 Å². The Hall–Kier alpha value is -0.560. The molecule has 0 spiro atoms. The number of benzene rings is 1. The van der Waals surface area contributed by atoms with Gasteiger partial charge in [0.25, 0.3) is 5.69 Å². The molecule has 0 aliphatic heterocycles. The molecule has 140 valence electrons. The Morgan fingerprint density at radius 3 is 2.20 bits per heavy atom. The zero-order valence-electron chi connectivity index (χ0n) is 14.7. The van der Waals surface area contributed by atoms with Crippen molar-refractivity contribution in [3.8, 4) is 0 Å². The lowest BCUT2D eigenvalue weighted by molar-refractivity contribution is -0.137. The monoisotopic (exact) mass is 423 g/mol. The minimum atomic E-state index is -2.69. The van der Waals surface area contributed by atoms with Gasteiger partial charge < -0.3 is 19.1 Å². The van der Waals surface area contributed by atoms with Gasteiger partial charge in [-0.15, -0.1) is 0 Å². The first-order valence-electron chi connectivity index (χ1n) is 7.84. The van der Waals surface area contributed by atoms with Gasteiger partial charge in [-0.3, -0.25) is 0 Å². The lowest BCUT2D eigenvalue weighted by Gasteiger charge is -2.22. The molecule has 1 rings (SSSR count). The van der Waals surface area contributed by atoms with Gasteiger partial charge in [0.15, 0.2) is 0 Å². The van der Waals surface area contributed by atoms with Crippen LogP contribution >= 0.6 is 28.7 Å². The van der Waals surface area contributed by atoms with E-state index in [1.54, 1.807) is 26.0 Å². The molecular formula is C16H23ClNO4PS2. The van der Waals surface area contributed by atoms with Gasteiger partial charge >= 0.3 is 5.97 Å². The van der Waals surface area contributed by atoms with Crippen LogP contribution in [0.15, 0.2) is 34.9 Å². The summed E-state index contributed by atoms with van der Waals surface area (Å²) in [5.74, 6) is -0.458. The minimum Gasteiger partial charge on any atom is -0.462 e. The highest BCUT2D eigenvalue weighted by Crippen LogP contribution is 2.64. The summed E-state index contributed by atoms with van der Waals surface area (Å²) in [6.45, 7) is 8.30. The lowest BCUT2D eigenvalue weighted by Crippen LogP contribution is -2.11. The summed E-state index contributed by atoms with van der Waals surface area (Å²) in [5.41, 5.74) is -1.28. The summed E-state index contributed by atoms with van der Waals surface area (Å²) in [4.78, 5) is 12.8. The lowest BCUT2D eigenvalue weighted by atomic mass is 10.3. The number of carbonyl (C=O) groups excluding carboxylic acids is 1. The number of hydrogen-bond donors (Lipinski definition) is 1. The first-order valence-corrected chi connectivity index (χ1v) is 12.3. The molecule has 1 aromatic carbocycles. The van der Waals surface area contributed by atoms with Crippen molar-refractivity contribution < 1.29 is 18.6 Å². The summed E-state index contributed by atoms with van der Waals surface area (Å²) in [5, 5.41) is 3.81. The Morgan fingerprint density at radius 1 is 1.16 bits per heavy atom. The van der Waals surface area contributed by atoms with E-state index in [-0.39, 0.29) is 6.61 Å². The molecule has 0 fully saturated rings. The average Bonchev–Trinajstić information content (AvgIpc) is 2.55. The van der Waals surface area contributed by atoms with E-state index in [2.05, 4.69) is 5.32 Å². The molecule has 9 heteroatoms. The second kappa shape index (κ2) is 11.2. The SMILES string of the molecule is CCOC(=O)C(SP(=S)(OCC)OCC)=C(C)Nc1ccc(Cl)cc1. The van der Waals surface area contributed by atoms with Crippen molar-refractivity contribution >= 4 is 52.1 Å². The van der Waals surface area contributed by atoms with Crippen LogP contribution in [0, 0.1) is 0 Å². The molecule has 0 aliphatic rings. The summed E-state index contributed by atoms with van der Waals surface area (Å²) in [7, 11) is 0. The van der Waals surface area contributed by atoms with Crippen molar-refractivity contribution in [1.82, 2.24) is 0 Å². The maximum Gasteiger partial charge on any atom is 0.346 e. The zero-order chi connectivity index (χ0) is 18.9. The van der Waals surface area contributed by atoms with Crippen LogP contribution < -0.4 is 5.32 Å². The Kier molecular flexibility index (Phi) is 10.1. The average molecular weight is 424 g/mol. The van der Waals surface area contributed by atoms with Crippen molar-refractivity contribution in [2.75, 3.05) is 25.1 Å². The number of carbonyl (C=O) groups is 1. The van der Waals surface area contributed by atoms with E-state index in [4.69, 9.17) is 37.2 Å². The number of ether oxygens (including phenoxy) is 1. The minimum absolute atomic E-state index is 0.267. The smallest absolute Gasteiger partial charge is 0.346 e. The quantitative estimate of drug-likeness (QED) is 0.299. The predicted octanol–water partition coefficient (Wildman–Crippen LogP) is 5.58. The summed E-state index contributed by atoms with van der Waals surface area (Å²) in [6, 6.07) is 7.17. The molecule has 0 unspecified atom stereocenters. The maximum atomic E-state index is 12.4. The molecule has 0 saturated heterocycles. The normalized spacial score (nSPS) is 12.5. The number of hydrogen-bond acceptors (Lipinski definition) is 7. The van der Waals surface area contributed by atoms with Crippen LogP contribution in [0.3, 0.4) is 0 Å². The van der Waals surface area contributed by atoms with E-state index in [1.807, 2.05) is 26.0 Å². The predicted molar refractivity (Wildman–Crippen MR) is 110 cm³/mol. The molecule has 0 radical (unpaired) electrons. The number of esters is 1. The first-order chi connectivity index (χ1) is 11.8. The molecule has 0 heterocycles. The highest BCUT2D eigenvalue weighted by Gasteiger charge is 2.27. The fraction of sp³-hybridized carbons (Fsp3) is 0.438. The molecule has 0 saturated carbocycles. The van der Waals surface area contributed by atoms with Gasteiger partial charge in [-0.05, 0) is 75.1 Å². The van der Waals surface area contributed by atoms with Crippen molar-refractivity contribution in [2.45, 2.75) is 27.7 Å².